The first kappa shape index (κ1) is 22.1. The van der Waals surface area contributed by atoms with Gasteiger partial charge in [-0.05, 0) is 24.6 Å². The number of benzene rings is 1. The van der Waals surface area contributed by atoms with Crippen LogP contribution in [0.2, 0.25) is 30.8 Å². The van der Waals surface area contributed by atoms with Crippen LogP contribution >= 0.6 is 11.6 Å². The van der Waals surface area contributed by atoms with Crippen LogP contribution in [0, 0.1) is 0 Å². The molecule has 0 radical (unpaired) electrons. The fourth-order valence-electron chi connectivity index (χ4n) is 2.36. The molecule has 0 bridgehead atoms. The van der Waals surface area contributed by atoms with Gasteiger partial charge in [0.25, 0.3) is 0 Å². The molecule has 0 unspecified atom stereocenters. The number of anilines is 1. The molecule has 2 rings (SSSR count). The third kappa shape index (κ3) is 6.41. The van der Waals surface area contributed by atoms with Gasteiger partial charge in [0.15, 0.2) is 11.0 Å². The zero-order valence-electron chi connectivity index (χ0n) is 16.4. The zero-order chi connectivity index (χ0) is 20.1. The average molecular weight is 430 g/mol. The van der Waals surface area contributed by atoms with Crippen LogP contribution in [0.3, 0.4) is 0 Å². The Kier molecular flexibility index (Phi) is 7.61. The molecule has 0 saturated heterocycles. The standard InChI is InChI=1S/C18H28ClN3O3SSi/c1-5-6-12-26(23,24)22(14-25-11-13-27(2,3)4)18-17(19)20-15-9-7-8-10-16(15)21-18/h7-10H,5-6,11-14H2,1-4H3. The summed E-state index contributed by atoms with van der Waals surface area (Å²) in [6.45, 7) is 9.10. The van der Waals surface area contributed by atoms with E-state index in [4.69, 9.17) is 16.3 Å². The zero-order valence-corrected chi connectivity index (χ0v) is 19.0. The van der Waals surface area contributed by atoms with E-state index in [0.29, 0.717) is 24.1 Å². The lowest BCUT2D eigenvalue weighted by Gasteiger charge is -2.24. The number of ether oxygens (including phenoxy) is 1. The van der Waals surface area contributed by atoms with Crippen molar-refractivity contribution in [3.63, 3.8) is 0 Å². The third-order valence-electron chi connectivity index (χ3n) is 4.04. The van der Waals surface area contributed by atoms with Crippen LogP contribution in [0.15, 0.2) is 24.3 Å². The molecular formula is C18H28ClN3O3SSi. The number of unbranched alkanes of at least 4 members (excludes halogenated alkanes) is 1. The van der Waals surface area contributed by atoms with Crippen LogP contribution in [0.5, 0.6) is 0 Å². The Labute approximate surface area is 168 Å². The molecule has 0 aliphatic heterocycles. The normalized spacial score (nSPS) is 12.5. The number of nitrogens with zero attached hydrogens (tertiary/aromatic N) is 3. The van der Waals surface area contributed by atoms with Gasteiger partial charge >= 0.3 is 0 Å². The van der Waals surface area contributed by atoms with Crippen molar-refractivity contribution >= 4 is 46.5 Å². The molecule has 1 heterocycles. The molecule has 2 aromatic rings. The van der Waals surface area contributed by atoms with Gasteiger partial charge in [0, 0.05) is 14.7 Å². The second kappa shape index (κ2) is 9.32. The van der Waals surface area contributed by atoms with Crippen LogP contribution in [0.1, 0.15) is 19.8 Å². The Balaban J connectivity index is 2.32. The predicted octanol–water partition coefficient (Wildman–Crippen LogP) is 4.53. The molecular weight excluding hydrogens is 402 g/mol. The molecule has 0 N–H and O–H groups in total. The van der Waals surface area contributed by atoms with E-state index in [9.17, 15) is 8.42 Å². The van der Waals surface area contributed by atoms with Gasteiger partial charge in [0.1, 0.15) is 6.73 Å². The summed E-state index contributed by atoms with van der Waals surface area (Å²) in [5.74, 6) is 0.144. The van der Waals surface area contributed by atoms with E-state index in [1.165, 1.54) is 0 Å². The van der Waals surface area contributed by atoms with E-state index in [-0.39, 0.29) is 23.5 Å². The van der Waals surface area contributed by atoms with Gasteiger partial charge in [0.05, 0.1) is 16.8 Å². The number of hydrogen-bond acceptors (Lipinski definition) is 5. The van der Waals surface area contributed by atoms with Gasteiger partial charge in [-0.1, -0.05) is 56.7 Å². The summed E-state index contributed by atoms with van der Waals surface area (Å²) in [6, 6.07) is 8.19. The topological polar surface area (TPSA) is 72.4 Å². The van der Waals surface area contributed by atoms with E-state index >= 15 is 0 Å². The summed E-state index contributed by atoms with van der Waals surface area (Å²) >= 11 is 6.30. The Bertz CT molecular complexity index is 872. The molecule has 0 amide bonds. The summed E-state index contributed by atoms with van der Waals surface area (Å²) in [5, 5.41) is 0.0579. The van der Waals surface area contributed by atoms with Gasteiger partial charge in [-0.2, -0.15) is 0 Å². The first-order chi connectivity index (χ1) is 12.6. The maximum absolute atomic E-state index is 12.9. The molecule has 1 aromatic carbocycles. The van der Waals surface area contributed by atoms with Crippen molar-refractivity contribution in [1.82, 2.24) is 9.97 Å². The van der Waals surface area contributed by atoms with Crippen molar-refractivity contribution in [2.75, 3.05) is 23.4 Å². The second-order valence-electron chi connectivity index (χ2n) is 7.69. The largest absolute Gasteiger partial charge is 0.360 e. The maximum Gasteiger partial charge on any atom is 0.238 e. The second-order valence-corrected chi connectivity index (χ2v) is 15.7. The highest BCUT2D eigenvalue weighted by Crippen LogP contribution is 2.27. The lowest BCUT2D eigenvalue weighted by Crippen LogP contribution is -2.36. The molecule has 0 spiro atoms. The summed E-state index contributed by atoms with van der Waals surface area (Å²) in [7, 11) is -4.88. The number of fused-ring (bicyclic) bond motifs is 1. The SMILES string of the molecule is CCCCS(=O)(=O)N(COCC[Si](C)(C)C)c1nc2ccccc2nc1Cl. The van der Waals surface area contributed by atoms with E-state index in [0.717, 1.165) is 16.8 Å². The van der Waals surface area contributed by atoms with Crippen molar-refractivity contribution < 1.29 is 13.2 Å². The van der Waals surface area contributed by atoms with Crippen LogP contribution in [0.4, 0.5) is 5.82 Å². The number of sulfonamides is 1. The Morgan fingerprint density at radius 1 is 1.15 bits per heavy atom. The summed E-state index contributed by atoms with van der Waals surface area (Å²) < 4.78 is 32.7. The smallest absolute Gasteiger partial charge is 0.238 e. The fourth-order valence-corrected chi connectivity index (χ4v) is 4.91. The highest BCUT2D eigenvalue weighted by Gasteiger charge is 2.27. The van der Waals surface area contributed by atoms with Gasteiger partial charge < -0.3 is 4.74 Å². The maximum atomic E-state index is 12.9. The summed E-state index contributed by atoms with van der Waals surface area (Å²) in [5.41, 5.74) is 1.21. The van der Waals surface area contributed by atoms with Crippen molar-refractivity contribution in [2.24, 2.45) is 0 Å². The molecule has 0 aliphatic carbocycles. The Hall–Kier alpha value is -1.22. The number of para-hydroxylation sites is 2. The lowest BCUT2D eigenvalue weighted by atomic mass is 10.3. The number of halogens is 1. The van der Waals surface area contributed by atoms with Crippen LogP contribution in [0.25, 0.3) is 11.0 Å². The fraction of sp³-hybridized carbons (Fsp3) is 0.556. The molecule has 0 saturated carbocycles. The molecule has 9 heteroatoms. The molecule has 0 atom stereocenters. The van der Waals surface area contributed by atoms with E-state index in [1.807, 2.05) is 19.1 Å². The minimum absolute atomic E-state index is 0.0196. The number of rotatable bonds is 10. The number of aromatic nitrogens is 2. The van der Waals surface area contributed by atoms with Crippen molar-refractivity contribution in [1.29, 1.82) is 0 Å². The van der Waals surface area contributed by atoms with E-state index in [2.05, 4.69) is 29.6 Å². The molecule has 6 nitrogen and oxygen atoms in total. The van der Waals surface area contributed by atoms with Crippen LogP contribution < -0.4 is 4.31 Å². The minimum atomic E-state index is -3.61. The number of hydrogen-bond donors (Lipinski definition) is 0. The quantitative estimate of drug-likeness (QED) is 0.315. The van der Waals surface area contributed by atoms with Crippen molar-refractivity contribution in [3.8, 4) is 0 Å². The molecule has 0 aliphatic rings. The van der Waals surface area contributed by atoms with E-state index in [1.54, 1.807) is 12.1 Å². The van der Waals surface area contributed by atoms with Crippen LogP contribution in [-0.2, 0) is 14.8 Å². The monoisotopic (exact) mass is 429 g/mol. The van der Waals surface area contributed by atoms with Gasteiger partial charge in [0.2, 0.25) is 10.0 Å². The summed E-state index contributed by atoms with van der Waals surface area (Å²) in [6.07, 6.45) is 1.34. The first-order valence-corrected chi connectivity index (χ1v) is 14.8. The Morgan fingerprint density at radius 2 is 1.78 bits per heavy atom. The van der Waals surface area contributed by atoms with Gasteiger partial charge in [-0.25, -0.2) is 22.7 Å². The molecule has 1 aromatic heterocycles. The highest BCUT2D eigenvalue weighted by molar-refractivity contribution is 7.92. The average Bonchev–Trinajstić information content (AvgIpc) is 2.58. The third-order valence-corrected chi connectivity index (χ3v) is 7.76. The van der Waals surface area contributed by atoms with Gasteiger partial charge in [-0.15, -0.1) is 0 Å². The molecule has 0 fully saturated rings. The van der Waals surface area contributed by atoms with Gasteiger partial charge in [-0.3, -0.25) is 0 Å². The summed E-state index contributed by atoms with van der Waals surface area (Å²) in [4.78, 5) is 8.76. The predicted molar refractivity (Wildman–Crippen MR) is 115 cm³/mol. The lowest BCUT2D eigenvalue weighted by molar-refractivity contribution is 0.156. The van der Waals surface area contributed by atoms with Crippen molar-refractivity contribution in [3.05, 3.63) is 29.4 Å². The minimum Gasteiger partial charge on any atom is -0.360 e. The highest BCUT2D eigenvalue weighted by atomic mass is 35.5. The van der Waals surface area contributed by atoms with Crippen LogP contribution in [-0.4, -0.2) is 45.6 Å². The first-order valence-electron chi connectivity index (χ1n) is 9.14. The Morgan fingerprint density at radius 3 is 2.37 bits per heavy atom. The van der Waals surface area contributed by atoms with E-state index < -0.39 is 18.1 Å². The van der Waals surface area contributed by atoms with Crippen molar-refractivity contribution in [2.45, 2.75) is 45.5 Å². The molecule has 150 valence electrons. The molecule has 27 heavy (non-hydrogen) atoms.